The second-order valence-electron chi connectivity index (χ2n) is 4.48. The van der Waals surface area contributed by atoms with E-state index in [1.807, 2.05) is 12.1 Å². The SMILES string of the molecule is Fc1c(Cl)cccc1CC1CCCCNC1. The Morgan fingerprint density at radius 2 is 2.25 bits per heavy atom. The van der Waals surface area contributed by atoms with Crippen LogP contribution in [0.15, 0.2) is 18.2 Å². The Morgan fingerprint density at radius 3 is 3.12 bits per heavy atom. The molecule has 0 amide bonds. The van der Waals surface area contributed by atoms with Gasteiger partial charge in [0.1, 0.15) is 5.82 Å². The Balaban J connectivity index is 2.04. The largest absolute Gasteiger partial charge is 0.316 e. The molecule has 0 aliphatic carbocycles. The second-order valence-corrected chi connectivity index (χ2v) is 4.89. The highest BCUT2D eigenvalue weighted by molar-refractivity contribution is 6.30. The van der Waals surface area contributed by atoms with Crippen LogP contribution in [0.5, 0.6) is 0 Å². The summed E-state index contributed by atoms with van der Waals surface area (Å²) in [5.41, 5.74) is 0.751. The third-order valence-corrected chi connectivity index (χ3v) is 3.48. The zero-order valence-electron chi connectivity index (χ0n) is 9.31. The van der Waals surface area contributed by atoms with Gasteiger partial charge in [-0.3, -0.25) is 0 Å². The number of halogens is 2. The van der Waals surface area contributed by atoms with Crippen LogP contribution in [0.4, 0.5) is 4.39 Å². The highest BCUT2D eigenvalue weighted by Crippen LogP contribution is 2.23. The van der Waals surface area contributed by atoms with Crippen LogP contribution in [-0.4, -0.2) is 13.1 Å². The Kier molecular flexibility index (Phi) is 4.19. The molecule has 1 aliphatic heterocycles. The predicted molar refractivity (Wildman–Crippen MR) is 65.3 cm³/mol. The van der Waals surface area contributed by atoms with Gasteiger partial charge in [0, 0.05) is 0 Å². The van der Waals surface area contributed by atoms with Gasteiger partial charge < -0.3 is 5.32 Å². The van der Waals surface area contributed by atoms with Gasteiger partial charge in [-0.2, -0.15) is 0 Å². The van der Waals surface area contributed by atoms with Crippen LogP contribution in [0.1, 0.15) is 24.8 Å². The van der Waals surface area contributed by atoms with E-state index >= 15 is 0 Å². The van der Waals surface area contributed by atoms with Crippen molar-refractivity contribution in [2.45, 2.75) is 25.7 Å². The van der Waals surface area contributed by atoms with Gasteiger partial charge >= 0.3 is 0 Å². The first-order valence-corrected chi connectivity index (χ1v) is 6.29. The van der Waals surface area contributed by atoms with Crippen molar-refractivity contribution >= 4 is 11.6 Å². The van der Waals surface area contributed by atoms with Gasteiger partial charge in [-0.1, -0.05) is 30.2 Å². The normalized spacial score (nSPS) is 21.8. The fourth-order valence-corrected chi connectivity index (χ4v) is 2.48. The minimum absolute atomic E-state index is 0.235. The third-order valence-electron chi connectivity index (χ3n) is 3.19. The quantitative estimate of drug-likeness (QED) is 0.837. The van der Waals surface area contributed by atoms with Gasteiger partial charge in [-0.05, 0) is 49.9 Å². The van der Waals surface area contributed by atoms with Crippen LogP contribution in [-0.2, 0) is 6.42 Å². The monoisotopic (exact) mass is 241 g/mol. The summed E-state index contributed by atoms with van der Waals surface area (Å²) in [4.78, 5) is 0. The summed E-state index contributed by atoms with van der Waals surface area (Å²) >= 11 is 5.77. The molecule has 0 radical (unpaired) electrons. The molecule has 0 spiro atoms. The number of benzene rings is 1. The lowest BCUT2D eigenvalue weighted by molar-refractivity contribution is 0.466. The van der Waals surface area contributed by atoms with Crippen molar-refractivity contribution in [3.63, 3.8) is 0 Å². The van der Waals surface area contributed by atoms with Gasteiger partial charge in [-0.15, -0.1) is 0 Å². The fraction of sp³-hybridized carbons (Fsp3) is 0.538. The van der Waals surface area contributed by atoms with Crippen molar-refractivity contribution in [3.8, 4) is 0 Å². The molecule has 1 aliphatic rings. The first kappa shape index (κ1) is 11.9. The molecule has 3 heteroatoms. The second kappa shape index (κ2) is 5.65. The van der Waals surface area contributed by atoms with E-state index in [1.54, 1.807) is 6.07 Å². The van der Waals surface area contributed by atoms with Crippen molar-refractivity contribution in [2.75, 3.05) is 13.1 Å². The molecular formula is C13H17ClFN. The molecule has 88 valence electrons. The molecule has 1 atom stereocenters. The molecule has 1 nitrogen and oxygen atoms in total. The van der Waals surface area contributed by atoms with E-state index < -0.39 is 0 Å². The first-order chi connectivity index (χ1) is 7.77. The zero-order chi connectivity index (χ0) is 11.4. The maximum absolute atomic E-state index is 13.7. The minimum Gasteiger partial charge on any atom is -0.316 e. The molecular weight excluding hydrogens is 225 g/mol. The van der Waals surface area contributed by atoms with E-state index in [4.69, 9.17) is 11.6 Å². The topological polar surface area (TPSA) is 12.0 Å². The summed E-state index contributed by atoms with van der Waals surface area (Å²) in [6.07, 6.45) is 4.44. The highest BCUT2D eigenvalue weighted by atomic mass is 35.5. The molecule has 0 bridgehead atoms. The van der Waals surface area contributed by atoms with E-state index in [1.165, 1.54) is 19.3 Å². The molecule has 0 saturated carbocycles. The van der Waals surface area contributed by atoms with Crippen molar-refractivity contribution in [3.05, 3.63) is 34.6 Å². The van der Waals surface area contributed by atoms with Gasteiger partial charge in [0.2, 0.25) is 0 Å². The molecule has 16 heavy (non-hydrogen) atoms. The van der Waals surface area contributed by atoms with E-state index in [-0.39, 0.29) is 10.8 Å². The summed E-state index contributed by atoms with van der Waals surface area (Å²) < 4.78 is 13.7. The van der Waals surface area contributed by atoms with Gasteiger partial charge in [-0.25, -0.2) is 4.39 Å². The van der Waals surface area contributed by atoms with Gasteiger partial charge in [0.15, 0.2) is 0 Å². The molecule has 1 aromatic carbocycles. The first-order valence-electron chi connectivity index (χ1n) is 5.91. The van der Waals surface area contributed by atoms with E-state index in [0.717, 1.165) is 25.1 Å². The molecule has 1 saturated heterocycles. The van der Waals surface area contributed by atoms with Crippen LogP contribution in [0.25, 0.3) is 0 Å². The Labute approximate surface area is 101 Å². The van der Waals surface area contributed by atoms with Crippen molar-refractivity contribution in [1.29, 1.82) is 0 Å². The highest BCUT2D eigenvalue weighted by Gasteiger charge is 2.15. The van der Waals surface area contributed by atoms with Gasteiger partial charge in [0.05, 0.1) is 5.02 Å². The smallest absolute Gasteiger partial charge is 0.144 e. The molecule has 2 rings (SSSR count). The molecule has 1 unspecified atom stereocenters. The molecule has 1 fully saturated rings. The van der Waals surface area contributed by atoms with E-state index in [2.05, 4.69) is 5.32 Å². The average molecular weight is 242 g/mol. The van der Waals surface area contributed by atoms with E-state index in [0.29, 0.717) is 5.92 Å². The third kappa shape index (κ3) is 2.96. The van der Waals surface area contributed by atoms with Crippen molar-refractivity contribution < 1.29 is 4.39 Å². The summed E-state index contributed by atoms with van der Waals surface area (Å²) in [6.45, 7) is 2.08. The van der Waals surface area contributed by atoms with Crippen LogP contribution < -0.4 is 5.32 Å². The molecule has 0 aromatic heterocycles. The predicted octanol–water partition coefficient (Wildman–Crippen LogP) is 3.41. The molecule has 1 heterocycles. The van der Waals surface area contributed by atoms with Crippen LogP contribution in [0, 0.1) is 11.7 Å². The lowest BCUT2D eigenvalue weighted by Gasteiger charge is -2.14. The van der Waals surface area contributed by atoms with Crippen LogP contribution in [0.2, 0.25) is 5.02 Å². The Hall–Kier alpha value is -0.600. The Bertz CT molecular complexity index is 346. The standard InChI is InChI=1S/C13H17ClFN/c14-12-6-3-5-11(13(12)15)8-10-4-1-2-7-16-9-10/h3,5-6,10,16H,1-2,4,7-9H2. The average Bonchev–Trinajstić information content (AvgIpc) is 2.53. The summed E-state index contributed by atoms with van der Waals surface area (Å²) in [7, 11) is 0. The molecule has 1 aromatic rings. The Morgan fingerprint density at radius 1 is 1.38 bits per heavy atom. The molecule has 1 N–H and O–H groups in total. The number of hydrogen-bond donors (Lipinski definition) is 1. The number of hydrogen-bond acceptors (Lipinski definition) is 1. The van der Waals surface area contributed by atoms with Crippen LogP contribution in [0.3, 0.4) is 0 Å². The summed E-state index contributed by atoms with van der Waals surface area (Å²) in [5, 5.41) is 3.63. The maximum atomic E-state index is 13.7. The lowest BCUT2D eigenvalue weighted by Crippen LogP contribution is -2.22. The van der Waals surface area contributed by atoms with Gasteiger partial charge in [0.25, 0.3) is 0 Å². The summed E-state index contributed by atoms with van der Waals surface area (Å²) in [6, 6.07) is 5.27. The van der Waals surface area contributed by atoms with E-state index in [9.17, 15) is 4.39 Å². The van der Waals surface area contributed by atoms with Crippen LogP contribution >= 0.6 is 11.6 Å². The maximum Gasteiger partial charge on any atom is 0.144 e. The zero-order valence-corrected chi connectivity index (χ0v) is 10.1. The fourth-order valence-electron chi connectivity index (χ4n) is 2.28. The summed E-state index contributed by atoms with van der Waals surface area (Å²) in [5.74, 6) is 0.295. The minimum atomic E-state index is -0.242. The van der Waals surface area contributed by atoms with Crippen molar-refractivity contribution in [2.24, 2.45) is 5.92 Å². The van der Waals surface area contributed by atoms with Crippen molar-refractivity contribution in [1.82, 2.24) is 5.32 Å². The number of rotatable bonds is 2. The number of nitrogens with one attached hydrogen (secondary N) is 1. The lowest BCUT2D eigenvalue weighted by atomic mass is 9.95.